The van der Waals surface area contributed by atoms with E-state index >= 15 is 4.39 Å². The van der Waals surface area contributed by atoms with Crippen LogP contribution in [0.3, 0.4) is 0 Å². The zero-order valence-electron chi connectivity index (χ0n) is 22.6. The Bertz CT molecular complexity index is 1440. The van der Waals surface area contributed by atoms with Crippen molar-refractivity contribution in [3.05, 3.63) is 39.9 Å². The van der Waals surface area contributed by atoms with Gasteiger partial charge in [-0.05, 0) is 0 Å². The molecule has 0 spiro atoms. The predicted molar refractivity (Wildman–Crippen MR) is 146 cm³/mol. The molecule has 7 N–H and O–H groups in total. The van der Waals surface area contributed by atoms with Crippen LogP contribution in [0.25, 0.3) is 5.76 Å². The van der Waals surface area contributed by atoms with E-state index in [-0.39, 0.29) is 41.8 Å². The third kappa shape index (κ3) is 4.45. The molecule has 1 saturated heterocycles. The van der Waals surface area contributed by atoms with E-state index in [2.05, 4.69) is 5.32 Å². The van der Waals surface area contributed by atoms with Gasteiger partial charge in [-0.15, -0.1) is 0 Å². The molecule has 14 heteroatoms. The molecule has 1 heterocycles. The molecule has 2 fully saturated rings. The number of rotatable bonds is 5. The summed E-state index contributed by atoms with van der Waals surface area (Å²) in [5, 5.41) is 47.5. The summed E-state index contributed by atoms with van der Waals surface area (Å²) in [7, 11) is 9.25. The first-order valence-corrected chi connectivity index (χ1v) is 13.2. The average molecular weight is 569 g/mol. The molecule has 217 valence electrons. The molecule has 4 atom stereocenters. The van der Waals surface area contributed by atoms with Gasteiger partial charge in [0.05, 0.1) is 13.2 Å². The number of carbonyl (C=O) groups excluding carboxylic acids is 3. The van der Waals surface area contributed by atoms with Crippen LogP contribution in [0.15, 0.2) is 23.0 Å². The number of amides is 2. The fourth-order valence-electron chi connectivity index (χ4n) is 6.61. The van der Waals surface area contributed by atoms with Gasteiger partial charge in [-0.3, -0.25) is 0 Å². The van der Waals surface area contributed by atoms with Crippen LogP contribution < -0.4 is 11.1 Å². The quantitative estimate of drug-likeness (QED) is 0.193. The number of nitrogens with two attached hydrogens (primary N) is 1. The predicted octanol–water partition coefficient (Wildman–Crippen LogP) is -0.854. The summed E-state index contributed by atoms with van der Waals surface area (Å²) >= 11 is 0. The summed E-state index contributed by atoms with van der Waals surface area (Å²) in [5.74, 6) is -7.39. The maximum absolute atomic E-state index is 15.4. The summed E-state index contributed by atoms with van der Waals surface area (Å²) in [4.78, 5) is 42.1. The van der Waals surface area contributed by atoms with Gasteiger partial charge in [0.15, 0.2) is 0 Å². The molecule has 12 nitrogen and oxygen atoms in total. The minimum atomic E-state index is -2.54. The van der Waals surface area contributed by atoms with Crippen molar-refractivity contribution in [1.82, 2.24) is 9.80 Å². The third-order valence-electron chi connectivity index (χ3n) is 8.51. The molecule has 1 aromatic carbocycles. The summed E-state index contributed by atoms with van der Waals surface area (Å²) in [6, 6.07) is -0.0981. The van der Waals surface area contributed by atoms with Gasteiger partial charge in [-0.2, -0.15) is 0 Å². The van der Waals surface area contributed by atoms with Crippen molar-refractivity contribution >= 4 is 42.0 Å². The van der Waals surface area contributed by atoms with Crippen LogP contribution in [0.2, 0.25) is 0 Å². The number of halogens is 1. The molecule has 1 radical (unpaired) electrons. The number of fused-ring (bicyclic) bond motifs is 3. The molecule has 0 unspecified atom stereocenters. The molecule has 2 amide bonds. The number of nitrogens with zero attached hydrogens (tertiary/aromatic N) is 2. The van der Waals surface area contributed by atoms with Gasteiger partial charge in [-0.1, -0.05) is 0 Å². The van der Waals surface area contributed by atoms with E-state index in [9.17, 15) is 34.8 Å². The third-order valence-corrected chi connectivity index (χ3v) is 8.51. The number of phenolic OH excluding ortho intramolecular Hbond substituents is 1. The molecule has 5 rings (SSSR count). The standard InChI is InChI=1S/C27H31BFN4O8/c1-32(2)20-13-8-11-7-12-14(29)9-15(31-16(34)10-33-3-5-41-6-4-33)21(35)18(12)22(36)17(11)25(38)27(13,40)24(28)19(23(20)37)26(30)39/h9,11,13,20,35-37,40H,3-8,10H2,1-2H3,(H2,30,39)(H,31,34)/t11-,13-,20-,27+/m0/s1. The van der Waals surface area contributed by atoms with E-state index in [1.165, 1.54) is 4.90 Å². The number of aliphatic hydroxyl groups is 3. The van der Waals surface area contributed by atoms with E-state index in [1.54, 1.807) is 14.1 Å². The molecule has 0 aromatic heterocycles. The SMILES string of the molecule is [B]=C1C(C(N)=O)=C(O)[C@@H](N(C)C)[C@@H]2C[C@@H]3Cc4c(F)cc(NC(=O)CN5CCOCC5)c(O)c4C(O)=C3C(=O)[C@]12O. The number of ether oxygens (including phenoxy) is 1. The second kappa shape index (κ2) is 10.4. The first-order chi connectivity index (χ1) is 19.3. The normalized spacial score (nSPS) is 28.3. The number of primary amides is 1. The molecule has 1 aromatic rings. The topological polar surface area (TPSA) is 186 Å². The summed E-state index contributed by atoms with van der Waals surface area (Å²) in [6.45, 7) is 1.94. The molecular weight excluding hydrogens is 538 g/mol. The van der Waals surface area contributed by atoms with Gasteiger partial charge < -0.3 is 4.74 Å². The Morgan fingerprint density at radius 2 is 1.93 bits per heavy atom. The van der Waals surface area contributed by atoms with Crippen molar-refractivity contribution < 1.29 is 43.9 Å². The van der Waals surface area contributed by atoms with E-state index in [0.29, 0.717) is 26.3 Å². The Hall–Kier alpha value is -3.59. The van der Waals surface area contributed by atoms with Gasteiger partial charge >= 0.3 is 205 Å². The van der Waals surface area contributed by atoms with Crippen LogP contribution in [0.5, 0.6) is 5.75 Å². The Kier molecular flexibility index (Phi) is 7.31. The van der Waals surface area contributed by atoms with Gasteiger partial charge in [0.1, 0.15) is 0 Å². The number of morpholine rings is 1. The number of ketones is 1. The Balaban J connectivity index is 1.56. The zero-order chi connectivity index (χ0) is 30.0. The van der Waals surface area contributed by atoms with Crippen LogP contribution in [-0.2, 0) is 25.5 Å². The number of hydrogen-bond acceptors (Lipinski definition) is 10. The van der Waals surface area contributed by atoms with Crippen molar-refractivity contribution in [3.63, 3.8) is 0 Å². The number of likely N-dealkylation sites (N-methyl/N-ethyl adjacent to an activating group) is 1. The van der Waals surface area contributed by atoms with Gasteiger partial charge in [-0.25, -0.2) is 0 Å². The van der Waals surface area contributed by atoms with Crippen LogP contribution >= 0.6 is 0 Å². The molecular formula is C27H31BFN4O8. The van der Waals surface area contributed by atoms with Crippen molar-refractivity contribution in [1.29, 1.82) is 0 Å². The van der Waals surface area contributed by atoms with Crippen LogP contribution in [0.4, 0.5) is 10.1 Å². The molecule has 1 aliphatic heterocycles. The first-order valence-electron chi connectivity index (χ1n) is 13.2. The summed E-state index contributed by atoms with van der Waals surface area (Å²) in [6.07, 6.45) is -0.180. The number of Topliss-reactive ketones (excluding diaryl/α,β-unsaturated/α-hetero) is 1. The van der Waals surface area contributed by atoms with Crippen LogP contribution in [0, 0.1) is 17.7 Å². The number of carbonyl (C=O) groups is 3. The summed E-state index contributed by atoms with van der Waals surface area (Å²) < 4.78 is 20.7. The van der Waals surface area contributed by atoms with E-state index in [0.717, 1.165) is 6.07 Å². The zero-order valence-corrected chi connectivity index (χ0v) is 22.6. The van der Waals surface area contributed by atoms with Crippen molar-refractivity contribution in [2.75, 3.05) is 52.3 Å². The van der Waals surface area contributed by atoms with Gasteiger partial charge in [0.2, 0.25) is 0 Å². The van der Waals surface area contributed by atoms with E-state index in [4.69, 9.17) is 18.0 Å². The van der Waals surface area contributed by atoms with Crippen molar-refractivity contribution in [2.24, 2.45) is 17.6 Å². The number of hydrogen-bond donors (Lipinski definition) is 6. The second-order valence-electron chi connectivity index (χ2n) is 11.1. The minimum absolute atomic E-state index is 0.0335. The number of phenols is 1. The van der Waals surface area contributed by atoms with E-state index < -0.39 is 75.2 Å². The van der Waals surface area contributed by atoms with Crippen LogP contribution in [-0.4, -0.2) is 119 Å². The fourth-order valence-corrected chi connectivity index (χ4v) is 6.61. The van der Waals surface area contributed by atoms with Crippen molar-refractivity contribution in [2.45, 2.75) is 24.5 Å². The first kappa shape index (κ1) is 28.9. The van der Waals surface area contributed by atoms with Gasteiger partial charge in [0.25, 0.3) is 0 Å². The number of anilines is 1. The van der Waals surface area contributed by atoms with E-state index in [1.807, 2.05) is 4.90 Å². The second-order valence-corrected chi connectivity index (χ2v) is 11.1. The average Bonchev–Trinajstić information content (AvgIpc) is 2.89. The molecule has 1 saturated carbocycles. The van der Waals surface area contributed by atoms with Crippen LogP contribution in [0.1, 0.15) is 17.5 Å². The Labute approximate surface area is 235 Å². The molecule has 41 heavy (non-hydrogen) atoms. The number of benzene rings is 1. The number of aromatic hydroxyl groups is 1. The van der Waals surface area contributed by atoms with Gasteiger partial charge in [0, 0.05) is 13.1 Å². The van der Waals surface area contributed by atoms with Crippen molar-refractivity contribution in [3.8, 4) is 5.75 Å². The maximum atomic E-state index is 15.4. The number of nitrogens with one attached hydrogen (secondary N) is 1. The Morgan fingerprint density at radius 3 is 2.54 bits per heavy atom. The molecule has 4 aliphatic rings. The molecule has 3 aliphatic carbocycles. The molecule has 0 bridgehead atoms. The number of aliphatic hydroxyl groups excluding tert-OH is 2. The summed E-state index contributed by atoms with van der Waals surface area (Å²) in [5.41, 5.74) is 0.566. The monoisotopic (exact) mass is 569 g/mol. The fraction of sp³-hybridized carbons (Fsp3) is 0.481. The Morgan fingerprint density at radius 1 is 1.27 bits per heavy atom.